The lowest BCUT2D eigenvalue weighted by Crippen LogP contribution is -2.26. The Morgan fingerprint density at radius 3 is 2.83 bits per heavy atom. The number of halogens is 1. The summed E-state index contributed by atoms with van der Waals surface area (Å²) in [6, 6.07) is 8.31. The third-order valence-corrected chi connectivity index (χ3v) is 6.24. The Morgan fingerprint density at radius 1 is 1.43 bits per heavy atom. The van der Waals surface area contributed by atoms with Crippen molar-refractivity contribution in [2.24, 2.45) is 7.05 Å². The predicted molar refractivity (Wildman–Crippen MR) is 96.4 cm³/mol. The van der Waals surface area contributed by atoms with Crippen LogP contribution in [0, 0.1) is 0 Å². The highest BCUT2D eigenvalue weighted by molar-refractivity contribution is 9.10. The van der Waals surface area contributed by atoms with Crippen molar-refractivity contribution in [3.8, 4) is 0 Å². The van der Waals surface area contributed by atoms with Crippen molar-refractivity contribution in [2.75, 3.05) is 12.4 Å². The van der Waals surface area contributed by atoms with E-state index in [0.29, 0.717) is 0 Å². The number of rotatable bonds is 6. The van der Waals surface area contributed by atoms with Crippen molar-refractivity contribution in [2.45, 2.75) is 30.3 Å². The van der Waals surface area contributed by atoms with Crippen molar-refractivity contribution < 1.29 is 9.84 Å². The van der Waals surface area contributed by atoms with Gasteiger partial charge in [-0.25, -0.2) is 4.98 Å². The van der Waals surface area contributed by atoms with Gasteiger partial charge in [0.25, 0.3) is 0 Å². The van der Waals surface area contributed by atoms with Crippen LogP contribution in [0.15, 0.2) is 41.1 Å². The normalized spacial score (nSPS) is 24.2. The molecule has 2 aromatic rings. The third-order valence-electron chi connectivity index (χ3n) is 4.17. The van der Waals surface area contributed by atoms with Gasteiger partial charge in [-0.15, -0.1) is 11.8 Å². The van der Waals surface area contributed by atoms with Crippen LogP contribution in [0.25, 0.3) is 0 Å². The van der Waals surface area contributed by atoms with Crippen LogP contribution in [0.5, 0.6) is 0 Å². The fraction of sp³-hybridized carbons (Fsp3) is 0.471. The Morgan fingerprint density at radius 2 is 2.22 bits per heavy atom. The smallest absolute Gasteiger partial charge is 0.139 e. The standard InChI is InChI=1S/C17H21BrN2O2S/c1-20-10-9-19-16(20)3-2-8-17(22-15(11-21)12-23-17)13-4-6-14(18)7-5-13/h4-7,9-10,15,21H,2-3,8,11-12H2,1H3/t15-,17-/m1/s1. The van der Waals surface area contributed by atoms with Crippen LogP contribution >= 0.6 is 27.7 Å². The molecule has 0 spiro atoms. The predicted octanol–water partition coefficient (Wildman–Crippen LogP) is 3.48. The molecule has 3 rings (SSSR count). The first-order valence-electron chi connectivity index (χ1n) is 7.78. The first-order valence-corrected chi connectivity index (χ1v) is 9.56. The van der Waals surface area contributed by atoms with Crippen molar-refractivity contribution >= 4 is 27.7 Å². The summed E-state index contributed by atoms with van der Waals surface area (Å²) in [5.41, 5.74) is 1.17. The third kappa shape index (κ3) is 3.82. The van der Waals surface area contributed by atoms with Gasteiger partial charge < -0.3 is 14.4 Å². The van der Waals surface area contributed by atoms with E-state index in [4.69, 9.17) is 4.74 Å². The van der Waals surface area contributed by atoms with Gasteiger partial charge in [-0.3, -0.25) is 0 Å². The molecule has 4 nitrogen and oxygen atoms in total. The molecule has 1 fully saturated rings. The Labute approximate surface area is 149 Å². The second-order valence-corrected chi connectivity index (χ2v) is 8.00. The van der Waals surface area contributed by atoms with Gasteiger partial charge in [-0.05, 0) is 30.5 Å². The van der Waals surface area contributed by atoms with Crippen LogP contribution in [0.1, 0.15) is 24.2 Å². The summed E-state index contributed by atoms with van der Waals surface area (Å²) in [5.74, 6) is 1.92. The fourth-order valence-corrected chi connectivity index (χ4v) is 4.59. The Bertz CT molecular complexity index is 646. The van der Waals surface area contributed by atoms with Crippen LogP contribution in [-0.2, 0) is 23.1 Å². The van der Waals surface area contributed by atoms with Gasteiger partial charge in [0, 0.05) is 36.1 Å². The number of imidazole rings is 1. The van der Waals surface area contributed by atoms with Crippen LogP contribution in [-0.4, -0.2) is 33.1 Å². The molecule has 1 aromatic carbocycles. The molecule has 124 valence electrons. The number of thioether (sulfide) groups is 1. The van der Waals surface area contributed by atoms with Gasteiger partial charge in [0.1, 0.15) is 10.8 Å². The molecule has 1 N–H and O–H groups in total. The summed E-state index contributed by atoms with van der Waals surface area (Å²) in [5, 5.41) is 9.44. The number of aliphatic hydroxyl groups is 1. The highest BCUT2D eigenvalue weighted by Crippen LogP contribution is 2.48. The maximum atomic E-state index is 9.44. The summed E-state index contributed by atoms with van der Waals surface area (Å²) >= 11 is 5.28. The lowest BCUT2D eigenvalue weighted by atomic mass is 10.0. The van der Waals surface area contributed by atoms with Crippen LogP contribution < -0.4 is 0 Å². The zero-order chi connectivity index (χ0) is 16.3. The van der Waals surface area contributed by atoms with Gasteiger partial charge in [0.05, 0.1) is 12.7 Å². The lowest BCUT2D eigenvalue weighted by molar-refractivity contribution is -0.0395. The summed E-state index contributed by atoms with van der Waals surface area (Å²) < 4.78 is 9.37. The molecule has 0 aliphatic carbocycles. The van der Waals surface area contributed by atoms with E-state index in [1.807, 2.05) is 31.6 Å². The molecule has 1 saturated heterocycles. The summed E-state index contributed by atoms with van der Waals surface area (Å²) in [4.78, 5) is 4.03. The molecular formula is C17H21BrN2O2S. The van der Waals surface area contributed by atoms with Gasteiger partial charge in [-0.2, -0.15) is 0 Å². The Balaban J connectivity index is 1.73. The molecule has 2 heterocycles. The largest absolute Gasteiger partial charge is 0.394 e. The number of benzene rings is 1. The van der Waals surface area contributed by atoms with Crippen molar-refractivity contribution in [3.63, 3.8) is 0 Å². The number of aromatic nitrogens is 2. The van der Waals surface area contributed by atoms with E-state index in [2.05, 4.69) is 37.6 Å². The summed E-state index contributed by atoms with van der Waals surface area (Å²) in [6.07, 6.45) is 6.55. The van der Waals surface area contributed by atoms with E-state index in [1.54, 1.807) is 11.8 Å². The summed E-state index contributed by atoms with van der Waals surface area (Å²) in [6.45, 7) is 0.0741. The van der Waals surface area contributed by atoms with E-state index in [1.165, 1.54) is 5.56 Å². The zero-order valence-corrected chi connectivity index (χ0v) is 15.5. The molecule has 0 radical (unpaired) electrons. The van der Waals surface area contributed by atoms with E-state index < -0.39 is 0 Å². The van der Waals surface area contributed by atoms with Crippen molar-refractivity contribution in [3.05, 3.63) is 52.5 Å². The monoisotopic (exact) mass is 396 g/mol. The van der Waals surface area contributed by atoms with Gasteiger partial charge >= 0.3 is 0 Å². The molecule has 0 amide bonds. The molecule has 0 saturated carbocycles. The second-order valence-electron chi connectivity index (χ2n) is 5.80. The van der Waals surface area contributed by atoms with E-state index in [-0.39, 0.29) is 17.6 Å². The number of hydrogen-bond acceptors (Lipinski definition) is 4. The number of hydrogen-bond donors (Lipinski definition) is 1. The molecule has 6 heteroatoms. The SMILES string of the molecule is Cn1ccnc1CCC[C@@]1(c2ccc(Br)cc2)O[C@H](CO)CS1. The maximum Gasteiger partial charge on any atom is 0.139 e. The van der Waals surface area contributed by atoms with E-state index in [9.17, 15) is 5.11 Å². The minimum absolute atomic E-state index is 0.0741. The first kappa shape index (κ1) is 17.0. The second kappa shape index (κ2) is 7.38. The van der Waals surface area contributed by atoms with Crippen LogP contribution in [0.3, 0.4) is 0 Å². The fourth-order valence-electron chi connectivity index (χ4n) is 2.90. The van der Waals surface area contributed by atoms with Gasteiger partial charge in [0.15, 0.2) is 0 Å². The van der Waals surface area contributed by atoms with Gasteiger partial charge in [-0.1, -0.05) is 28.1 Å². The molecule has 1 aliphatic rings. The summed E-state index contributed by atoms with van der Waals surface area (Å²) in [7, 11) is 2.02. The zero-order valence-electron chi connectivity index (χ0n) is 13.1. The minimum Gasteiger partial charge on any atom is -0.394 e. The highest BCUT2D eigenvalue weighted by Gasteiger charge is 2.41. The van der Waals surface area contributed by atoms with Crippen molar-refractivity contribution in [1.29, 1.82) is 0 Å². The molecule has 2 atom stereocenters. The van der Waals surface area contributed by atoms with Crippen LogP contribution in [0.4, 0.5) is 0 Å². The highest BCUT2D eigenvalue weighted by atomic mass is 79.9. The average Bonchev–Trinajstić information content (AvgIpc) is 3.16. The van der Waals surface area contributed by atoms with Crippen LogP contribution in [0.2, 0.25) is 0 Å². The molecule has 23 heavy (non-hydrogen) atoms. The maximum absolute atomic E-state index is 9.44. The van der Waals surface area contributed by atoms with E-state index in [0.717, 1.165) is 35.3 Å². The van der Waals surface area contributed by atoms with Gasteiger partial charge in [0.2, 0.25) is 0 Å². The quantitative estimate of drug-likeness (QED) is 0.811. The molecule has 1 aromatic heterocycles. The van der Waals surface area contributed by atoms with Crippen molar-refractivity contribution in [1.82, 2.24) is 9.55 Å². The average molecular weight is 397 g/mol. The molecular weight excluding hydrogens is 376 g/mol. The van der Waals surface area contributed by atoms with E-state index >= 15 is 0 Å². The number of aliphatic hydroxyl groups excluding tert-OH is 1. The number of ether oxygens (including phenoxy) is 1. The number of nitrogens with zero attached hydrogens (tertiary/aromatic N) is 2. The Hall–Kier alpha value is -0.820. The Kier molecular flexibility index (Phi) is 5.46. The lowest BCUT2D eigenvalue weighted by Gasteiger charge is -2.29. The topological polar surface area (TPSA) is 47.3 Å². The minimum atomic E-state index is -0.362. The molecule has 0 bridgehead atoms. The first-order chi connectivity index (χ1) is 11.1. The number of aryl methyl sites for hydroxylation is 2. The molecule has 0 unspecified atom stereocenters. The molecule has 1 aliphatic heterocycles.